The van der Waals surface area contributed by atoms with Gasteiger partial charge in [-0.15, -0.1) is 0 Å². The quantitative estimate of drug-likeness (QED) is 0.833. The van der Waals surface area contributed by atoms with Gasteiger partial charge in [-0.25, -0.2) is 8.42 Å². The number of hydrogen-bond acceptors (Lipinski definition) is 4. The number of rotatable bonds is 3. The lowest BCUT2D eigenvalue weighted by Crippen LogP contribution is -2.33. The van der Waals surface area contributed by atoms with E-state index in [-0.39, 0.29) is 0 Å². The Morgan fingerprint density at radius 2 is 2.07 bits per heavy atom. The lowest BCUT2D eigenvalue weighted by atomic mass is 10.3. The molecule has 0 unspecified atom stereocenters. The van der Waals surface area contributed by atoms with E-state index in [1.54, 1.807) is 19.9 Å². The second-order valence-electron chi connectivity index (χ2n) is 3.50. The van der Waals surface area contributed by atoms with Gasteiger partial charge in [0.05, 0.1) is 22.8 Å². The summed E-state index contributed by atoms with van der Waals surface area (Å²) < 4.78 is 24.9. The van der Waals surface area contributed by atoms with E-state index in [4.69, 9.17) is 5.73 Å². The van der Waals surface area contributed by atoms with E-state index in [0.717, 1.165) is 0 Å². The Morgan fingerprint density at radius 3 is 2.53 bits per heavy atom. The molecular weight excluding hydrogens is 214 g/mol. The van der Waals surface area contributed by atoms with Crippen molar-refractivity contribution in [2.24, 2.45) is 0 Å². The molecule has 0 amide bonds. The van der Waals surface area contributed by atoms with Crippen molar-refractivity contribution in [1.82, 2.24) is 4.98 Å². The molecule has 1 aromatic heterocycles. The first-order chi connectivity index (χ1) is 6.87. The number of aromatic nitrogens is 1. The highest BCUT2D eigenvalue weighted by molar-refractivity contribution is 7.93. The van der Waals surface area contributed by atoms with Crippen LogP contribution in [0, 0.1) is 0 Å². The van der Waals surface area contributed by atoms with Crippen molar-refractivity contribution in [1.29, 1.82) is 0 Å². The molecule has 0 aliphatic rings. The molecule has 15 heavy (non-hydrogen) atoms. The lowest BCUT2D eigenvalue weighted by Gasteiger charge is -2.22. The fourth-order valence-electron chi connectivity index (χ4n) is 1.14. The van der Waals surface area contributed by atoms with E-state index >= 15 is 0 Å². The van der Waals surface area contributed by atoms with Gasteiger partial charge >= 0.3 is 0 Å². The summed E-state index contributed by atoms with van der Waals surface area (Å²) in [7, 11) is -1.84. The number of anilines is 2. The van der Waals surface area contributed by atoms with Gasteiger partial charge in [0.25, 0.3) is 0 Å². The van der Waals surface area contributed by atoms with Gasteiger partial charge in [-0.3, -0.25) is 9.29 Å². The molecule has 0 bridgehead atoms. The Bertz CT molecular complexity index is 442. The summed E-state index contributed by atoms with van der Waals surface area (Å²) >= 11 is 0. The van der Waals surface area contributed by atoms with Gasteiger partial charge in [0, 0.05) is 13.2 Å². The number of pyridine rings is 1. The van der Waals surface area contributed by atoms with Gasteiger partial charge in [-0.1, -0.05) is 0 Å². The summed E-state index contributed by atoms with van der Waals surface area (Å²) in [5.41, 5.74) is 6.46. The molecular formula is C9H15N3O2S. The number of nitrogens with two attached hydrogens (primary N) is 1. The summed E-state index contributed by atoms with van der Waals surface area (Å²) in [6, 6.07) is 1.58. The summed E-state index contributed by atoms with van der Waals surface area (Å²) in [6.45, 7) is 3.26. The molecule has 6 heteroatoms. The minimum atomic E-state index is -3.33. The van der Waals surface area contributed by atoms with Crippen molar-refractivity contribution in [2.45, 2.75) is 19.1 Å². The van der Waals surface area contributed by atoms with Gasteiger partial charge in [0.1, 0.15) is 0 Å². The molecule has 0 atom stereocenters. The normalized spacial score (nSPS) is 11.7. The standard InChI is InChI=1S/C9H15N3O2S/c1-7(2)15(13,14)12(3)9-4-5-11-6-8(9)10/h4-7H,10H2,1-3H3. The smallest absolute Gasteiger partial charge is 0.237 e. The summed E-state index contributed by atoms with van der Waals surface area (Å²) in [5.74, 6) is 0. The molecule has 0 aromatic carbocycles. The first kappa shape index (κ1) is 11.8. The Kier molecular flexibility index (Phi) is 3.18. The van der Waals surface area contributed by atoms with Gasteiger partial charge in [0.15, 0.2) is 0 Å². The zero-order chi connectivity index (χ0) is 11.6. The van der Waals surface area contributed by atoms with Crippen molar-refractivity contribution in [3.8, 4) is 0 Å². The van der Waals surface area contributed by atoms with Crippen LogP contribution < -0.4 is 10.0 Å². The average Bonchev–Trinajstić information content (AvgIpc) is 2.17. The molecule has 5 nitrogen and oxygen atoms in total. The van der Waals surface area contributed by atoms with E-state index in [1.807, 2.05) is 0 Å². The van der Waals surface area contributed by atoms with Crippen LogP contribution in [-0.2, 0) is 10.0 Å². The van der Waals surface area contributed by atoms with Crippen LogP contribution in [0.4, 0.5) is 11.4 Å². The van der Waals surface area contributed by atoms with Crippen LogP contribution in [0.5, 0.6) is 0 Å². The van der Waals surface area contributed by atoms with Crippen molar-refractivity contribution in [3.05, 3.63) is 18.5 Å². The minimum Gasteiger partial charge on any atom is -0.396 e. The first-order valence-corrected chi connectivity index (χ1v) is 6.05. The molecule has 0 saturated carbocycles. The minimum absolute atomic E-state index is 0.351. The van der Waals surface area contributed by atoms with Crippen molar-refractivity contribution >= 4 is 21.4 Å². The SMILES string of the molecule is CC(C)S(=O)(=O)N(C)c1ccncc1N. The fraction of sp³-hybridized carbons (Fsp3) is 0.444. The van der Waals surface area contributed by atoms with Crippen LogP contribution >= 0.6 is 0 Å². The first-order valence-electron chi connectivity index (χ1n) is 4.54. The Morgan fingerprint density at radius 1 is 1.47 bits per heavy atom. The van der Waals surface area contributed by atoms with Gasteiger partial charge in [0.2, 0.25) is 10.0 Å². The zero-order valence-corrected chi connectivity index (χ0v) is 9.82. The summed E-state index contributed by atoms with van der Waals surface area (Å²) in [6.07, 6.45) is 2.94. The number of nitrogen functional groups attached to an aromatic ring is 1. The molecule has 2 N–H and O–H groups in total. The number of hydrogen-bond donors (Lipinski definition) is 1. The topological polar surface area (TPSA) is 76.3 Å². The molecule has 0 fully saturated rings. The van der Waals surface area contributed by atoms with Crippen molar-refractivity contribution < 1.29 is 8.42 Å². The van der Waals surface area contributed by atoms with Crippen molar-refractivity contribution in [2.75, 3.05) is 17.1 Å². The third-order valence-electron chi connectivity index (χ3n) is 2.14. The van der Waals surface area contributed by atoms with Crippen LogP contribution in [0.2, 0.25) is 0 Å². The monoisotopic (exact) mass is 229 g/mol. The highest BCUT2D eigenvalue weighted by Crippen LogP contribution is 2.24. The second-order valence-corrected chi connectivity index (χ2v) is 6.02. The predicted molar refractivity (Wildman–Crippen MR) is 61.1 cm³/mol. The van der Waals surface area contributed by atoms with E-state index in [9.17, 15) is 8.42 Å². The van der Waals surface area contributed by atoms with Gasteiger partial charge in [-0.05, 0) is 19.9 Å². The zero-order valence-electron chi connectivity index (χ0n) is 9.01. The van der Waals surface area contributed by atoms with Crippen LogP contribution in [0.25, 0.3) is 0 Å². The molecule has 0 saturated heterocycles. The predicted octanol–water partition coefficient (Wildman–Crippen LogP) is 0.838. The Balaban J connectivity index is 3.17. The van der Waals surface area contributed by atoms with E-state index in [1.165, 1.54) is 23.7 Å². The largest absolute Gasteiger partial charge is 0.396 e. The summed E-state index contributed by atoms with van der Waals surface area (Å²) in [5, 5.41) is -0.477. The third kappa shape index (κ3) is 2.20. The highest BCUT2D eigenvalue weighted by Gasteiger charge is 2.23. The number of nitrogens with zero attached hydrogens (tertiary/aromatic N) is 2. The fourth-order valence-corrected chi connectivity index (χ4v) is 2.21. The molecule has 1 rings (SSSR count). The molecule has 0 aliphatic heterocycles. The maximum Gasteiger partial charge on any atom is 0.237 e. The van der Waals surface area contributed by atoms with Crippen molar-refractivity contribution in [3.63, 3.8) is 0 Å². The van der Waals surface area contributed by atoms with E-state index in [0.29, 0.717) is 11.4 Å². The maximum absolute atomic E-state index is 11.8. The molecule has 0 radical (unpaired) electrons. The van der Waals surface area contributed by atoms with Gasteiger partial charge < -0.3 is 5.73 Å². The second kappa shape index (κ2) is 4.06. The maximum atomic E-state index is 11.8. The van der Waals surface area contributed by atoms with Crippen LogP contribution in [0.15, 0.2) is 18.5 Å². The molecule has 1 heterocycles. The van der Waals surface area contributed by atoms with Gasteiger partial charge in [-0.2, -0.15) is 0 Å². The molecule has 0 spiro atoms. The Hall–Kier alpha value is -1.30. The lowest BCUT2D eigenvalue weighted by molar-refractivity contribution is 0.585. The molecule has 84 valence electrons. The van der Waals surface area contributed by atoms with E-state index in [2.05, 4.69) is 4.98 Å². The Labute approximate surface area is 90.0 Å². The number of sulfonamides is 1. The molecule has 1 aromatic rings. The van der Waals surface area contributed by atoms with Crippen LogP contribution in [0.3, 0.4) is 0 Å². The van der Waals surface area contributed by atoms with Crippen LogP contribution in [-0.4, -0.2) is 25.7 Å². The van der Waals surface area contributed by atoms with E-state index < -0.39 is 15.3 Å². The third-order valence-corrected chi connectivity index (χ3v) is 4.30. The molecule has 0 aliphatic carbocycles. The van der Waals surface area contributed by atoms with Crippen LogP contribution in [0.1, 0.15) is 13.8 Å². The highest BCUT2D eigenvalue weighted by atomic mass is 32.2. The summed E-state index contributed by atoms with van der Waals surface area (Å²) in [4.78, 5) is 3.81. The average molecular weight is 229 g/mol.